The molecule has 0 saturated carbocycles. The van der Waals surface area contributed by atoms with Crippen LogP contribution in [0.1, 0.15) is 18.5 Å². The van der Waals surface area contributed by atoms with E-state index in [9.17, 15) is 9.59 Å². The quantitative estimate of drug-likeness (QED) is 0.786. The van der Waals surface area contributed by atoms with Crippen molar-refractivity contribution in [2.24, 2.45) is 0 Å². The zero-order chi connectivity index (χ0) is 16.7. The van der Waals surface area contributed by atoms with Crippen LogP contribution in [0.5, 0.6) is 0 Å². The Morgan fingerprint density at radius 3 is 2.39 bits per heavy atom. The third-order valence-corrected chi connectivity index (χ3v) is 3.53. The number of urea groups is 1. The Labute approximate surface area is 140 Å². The number of nitrogens with one attached hydrogen (secondary N) is 3. The van der Waals surface area contributed by atoms with E-state index in [-0.39, 0.29) is 18.5 Å². The molecule has 0 bridgehead atoms. The largest absolute Gasteiger partial charge is 0.348 e. The van der Waals surface area contributed by atoms with Gasteiger partial charge in [0.25, 0.3) is 0 Å². The van der Waals surface area contributed by atoms with Crippen molar-refractivity contribution >= 4 is 29.2 Å². The van der Waals surface area contributed by atoms with Gasteiger partial charge in [0.15, 0.2) is 0 Å². The summed E-state index contributed by atoms with van der Waals surface area (Å²) in [6.07, 6.45) is 0. The SMILES string of the molecule is C[C@@H](NC(=O)CNC(=O)Nc1ccccc1)c1ccccc1Cl. The lowest BCUT2D eigenvalue weighted by atomic mass is 10.1. The Morgan fingerprint density at radius 1 is 1.04 bits per heavy atom. The van der Waals surface area contributed by atoms with Gasteiger partial charge in [-0.2, -0.15) is 0 Å². The minimum absolute atomic E-state index is 0.118. The number of anilines is 1. The van der Waals surface area contributed by atoms with E-state index < -0.39 is 6.03 Å². The Kier molecular flexibility index (Phi) is 6.00. The third-order valence-electron chi connectivity index (χ3n) is 3.19. The number of carbonyl (C=O) groups excluding carboxylic acids is 2. The molecule has 0 radical (unpaired) electrons. The molecule has 0 aliphatic rings. The highest BCUT2D eigenvalue weighted by molar-refractivity contribution is 6.31. The second-order valence-corrected chi connectivity index (χ2v) is 5.39. The van der Waals surface area contributed by atoms with Crippen LogP contribution in [0.3, 0.4) is 0 Å². The van der Waals surface area contributed by atoms with Gasteiger partial charge in [-0.25, -0.2) is 4.79 Å². The highest BCUT2D eigenvalue weighted by Crippen LogP contribution is 2.21. The first-order chi connectivity index (χ1) is 11.1. The van der Waals surface area contributed by atoms with Gasteiger partial charge in [0, 0.05) is 10.7 Å². The van der Waals surface area contributed by atoms with E-state index in [4.69, 9.17) is 11.6 Å². The first kappa shape index (κ1) is 16.8. The van der Waals surface area contributed by atoms with Crippen molar-refractivity contribution in [2.45, 2.75) is 13.0 Å². The zero-order valence-corrected chi connectivity index (χ0v) is 13.4. The van der Waals surface area contributed by atoms with Crippen molar-refractivity contribution < 1.29 is 9.59 Å². The maximum atomic E-state index is 11.9. The van der Waals surface area contributed by atoms with Gasteiger partial charge < -0.3 is 16.0 Å². The van der Waals surface area contributed by atoms with E-state index in [2.05, 4.69) is 16.0 Å². The van der Waals surface area contributed by atoms with E-state index in [1.165, 1.54) is 0 Å². The van der Waals surface area contributed by atoms with Gasteiger partial charge in [-0.15, -0.1) is 0 Å². The molecule has 0 aliphatic carbocycles. The van der Waals surface area contributed by atoms with Gasteiger partial charge in [0.05, 0.1) is 12.6 Å². The van der Waals surface area contributed by atoms with Crippen molar-refractivity contribution in [3.63, 3.8) is 0 Å². The Hall–Kier alpha value is -2.53. The number of hydrogen-bond donors (Lipinski definition) is 3. The lowest BCUT2D eigenvalue weighted by Crippen LogP contribution is -2.39. The standard InChI is InChI=1S/C17H18ClN3O2/c1-12(14-9-5-6-10-15(14)18)20-16(22)11-19-17(23)21-13-7-3-2-4-8-13/h2-10,12H,11H2,1H3,(H,20,22)(H2,19,21,23)/t12-/m1/s1. The van der Waals surface area contributed by atoms with E-state index in [0.717, 1.165) is 5.56 Å². The van der Waals surface area contributed by atoms with Gasteiger partial charge in [-0.1, -0.05) is 48.0 Å². The molecule has 1 atom stereocenters. The molecule has 3 amide bonds. The van der Waals surface area contributed by atoms with Crippen LogP contribution in [0.25, 0.3) is 0 Å². The molecule has 0 unspecified atom stereocenters. The van der Waals surface area contributed by atoms with Gasteiger partial charge in [-0.3, -0.25) is 4.79 Å². The van der Waals surface area contributed by atoms with E-state index in [1.54, 1.807) is 18.2 Å². The maximum absolute atomic E-state index is 11.9. The molecule has 0 spiro atoms. The Bertz CT molecular complexity index is 677. The topological polar surface area (TPSA) is 70.2 Å². The van der Waals surface area contributed by atoms with Crippen molar-refractivity contribution in [1.29, 1.82) is 0 Å². The molecule has 2 aromatic carbocycles. The Morgan fingerprint density at radius 2 is 1.70 bits per heavy atom. The molecule has 0 aliphatic heterocycles. The predicted molar refractivity (Wildman–Crippen MR) is 91.5 cm³/mol. The summed E-state index contributed by atoms with van der Waals surface area (Å²) < 4.78 is 0. The fourth-order valence-corrected chi connectivity index (χ4v) is 2.35. The molecule has 0 fully saturated rings. The maximum Gasteiger partial charge on any atom is 0.319 e. The van der Waals surface area contributed by atoms with Crippen LogP contribution in [-0.4, -0.2) is 18.5 Å². The molecule has 6 heteroatoms. The summed E-state index contributed by atoms with van der Waals surface area (Å²) >= 11 is 6.09. The average molecular weight is 332 g/mol. The number of carbonyl (C=O) groups is 2. The lowest BCUT2D eigenvalue weighted by Gasteiger charge is -2.16. The smallest absolute Gasteiger partial charge is 0.319 e. The average Bonchev–Trinajstić information content (AvgIpc) is 2.54. The first-order valence-electron chi connectivity index (χ1n) is 7.20. The number of para-hydroxylation sites is 1. The molecule has 23 heavy (non-hydrogen) atoms. The van der Waals surface area contributed by atoms with Crippen LogP contribution < -0.4 is 16.0 Å². The van der Waals surface area contributed by atoms with Crippen molar-refractivity contribution in [3.8, 4) is 0 Å². The van der Waals surface area contributed by atoms with Crippen LogP contribution in [0.2, 0.25) is 5.02 Å². The molecule has 120 valence electrons. The summed E-state index contributed by atoms with van der Waals surface area (Å²) in [4.78, 5) is 23.6. The predicted octanol–water partition coefficient (Wildman–Crippen LogP) is 3.34. The molecule has 0 heterocycles. The van der Waals surface area contributed by atoms with Crippen LogP contribution >= 0.6 is 11.6 Å². The summed E-state index contributed by atoms with van der Waals surface area (Å²) in [7, 11) is 0. The summed E-state index contributed by atoms with van der Waals surface area (Å²) in [6.45, 7) is 1.72. The van der Waals surface area contributed by atoms with Crippen molar-refractivity contribution in [2.75, 3.05) is 11.9 Å². The monoisotopic (exact) mass is 331 g/mol. The molecule has 0 saturated heterocycles. The molecule has 2 aromatic rings. The molecule has 2 rings (SSSR count). The van der Waals surface area contributed by atoms with Crippen LogP contribution in [0.15, 0.2) is 54.6 Å². The third kappa shape index (κ3) is 5.30. The van der Waals surface area contributed by atoms with E-state index >= 15 is 0 Å². The highest BCUT2D eigenvalue weighted by Gasteiger charge is 2.12. The van der Waals surface area contributed by atoms with Gasteiger partial charge >= 0.3 is 6.03 Å². The van der Waals surface area contributed by atoms with Crippen LogP contribution in [0, 0.1) is 0 Å². The fourth-order valence-electron chi connectivity index (χ4n) is 2.05. The minimum atomic E-state index is -0.434. The second kappa shape index (κ2) is 8.19. The molecular formula is C17H18ClN3O2. The zero-order valence-electron chi connectivity index (χ0n) is 12.7. The van der Waals surface area contributed by atoms with Crippen molar-refractivity contribution in [3.05, 3.63) is 65.2 Å². The molecule has 0 aromatic heterocycles. The van der Waals surface area contributed by atoms with E-state index in [1.807, 2.05) is 43.3 Å². The van der Waals surface area contributed by atoms with Crippen LogP contribution in [0.4, 0.5) is 10.5 Å². The summed E-state index contributed by atoms with van der Waals surface area (Å²) in [5, 5.41) is 8.53. The number of halogens is 1. The number of hydrogen-bond acceptors (Lipinski definition) is 2. The Balaban J connectivity index is 1.79. The number of amides is 3. The van der Waals surface area contributed by atoms with Gasteiger partial charge in [0.1, 0.15) is 0 Å². The normalized spacial score (nSPS) is 11.4. The second-order valence-electron chi connectivity index (χ2n) is 4.98. The van der Waals surface area contributed by atoms with Gasteiger partial charge in [0.2, 0.25) is 5.91 Å². The molecular weight excluding hydrogens is 314 g/mol. The number of benzene rings is 2. The van der Waals surface area contributed by atoms with E-state index in [0.29, 0.717) is 10.7 Å². The van der Waals surface area contributed by atoms with Crippen LogP contribution in [-0.2, 0) is 4.79 Å². The highest BCUT2D eigenvalue weighted by atomic mass is 35.5. The first-order valence-corrected chi connectivity index (χ1v) is 7.58. The fraction of sp³-hybridized carbons (Fsp3) is 0.176. The summed E-state index contributed by atoms with van der Waals surface area (Å²) in [5.41, 5.74) is 1.49. The lowest BCUT2D eigenvalue weighted by molar-refractivity contribution is -0.120. The number of rotatable bonds is 5. The molecule has 3 N–H and O–H groups in total. The van der Waals surface area contributed by atoms with Gasteiger partial charge in [-0.05, 0) is 30.7 Å². The molecule has 5 nitrogen and oxygen atoms in total. The minimum Gasteiger partial charge on any atom is -0.348 e. The summed E-state index contributed by atoms with van der Waals surface area (Å²) in [5.74, 6) is -0.291. The van der Waals surface area contributed by atoms with Crippen molar-refractivity contribution in [1.82, 2.24) is 10.6 Å². The summed E-state index contributed by atoms with van der Waals surface area (Å²) in [6, 6.07) is 15.6.